The summed E-state index contributed by atoms with van der Waals surface area (Å²) in [5, 5.41) is 3.40. The Kier molecular flexibility index (Phi) is 2.77. The van der Waals surface area contributed by atoms with Crippen LogP contribution in [-0.4, -0.2) is 6.04 Å². The van der Waals surface area contributed by atoms with E-state index in [9.17, 15) is 4.39 Å². The first kappa shape index (κ1) is 9.97. The van der Waals surface area contributed by atoms with E-state index in [2.05, 4.69) is 28.2 Å². The van der Waals surface area contributed by atoms with E-state index in [1.54, 1.807) is 12.1 Å². The zero-order chi connectivity index (χ0) is 10.1. The summed E-state index contributed by atoms with van der Waals surface area (Å²) in [5.74, 6) is 0.524. The van der Waals surface area contributed by atoms with E-state index in [0.29, 0.717) is 10.5 Å². The van der Waals surface area contributed by atoms with Crippen molar-refractivity contribution < 1.29 is 4.39 Å². The van der Waals surface area contributed by atoms with Crippen LogP contribution in [0, 0.1) is 11.7 Å². The van der Waals surface area contributed by atoms with Crippen molar-refractivity contribution in [3.8, 4) is 0 Å². The highest BCUT2D eigenvalue weighted by atomic mass is 79.9. The molecule has 0 aliphatic heterocycles. The summed E-state index contributed by atoms with van der Waals surface area (Å²) < 4.78 is 13.5. The van der Waals surface area contributed by atoms with E-state index >= 15 is 0 Å². The first-order valence-electron chi connectivity index (χ1n) is 4.88. The molecular weight excluding hydrogens is 245 g/mol. The lowest BCUT2D eigenvalue weighted by Crippen LogP contribution is -2.36. The van der Waals surface area contributed by atoms with E-state index in [4.69, 9.17) is 0 Å². The average Bonchev–Trinajstić information content (AvgIpc) is 2.17. The molecule has 1 N–H and O–H groups in total. The van der Waals surface area contributed by atoms with Crippen molar-refractivity contribution in [1.29, 1.82) is 0 Å². The largest absolute Gasteiger partial charge is 0.382 e. The molecule has 1 aromatic carbocycles. The van der Waals surface area contributed by atoms with Gasteiger partial charge in [0.05, 0.1) is 4.47 Å². The van der Waals surface area contributed by atoms with Crippen molar-refractivity contribution in [1.82, 2.24) is 0 Å². The maximum atomic E-state index is 12.9. The van der Waals surface area contributed by atoms with Gasteiger partial charge in [0.1, 0.15) is 5.82 Å². The van der Waals surface area contributed by atoms with E-state index in [0.717, 1.165) is 11.6 Å². The predicted molar refractivity (Wildman–Crippen MR) is 59.9 cm³/mol. The topological polar surface area (TPSA) is 12.0 Å². The third-order valence-corrected chi connectivity index (χ3v) is 3.50. The van der Waals surface area contributed by atoms with Crippen LogP contribution in [-0.2, 0) is 0 Å². The highest BCUT2D eigenvalue weighted by molar-refractivity contribution is 9.10. The van der Waals surface area contributed by atoms with Gasteiger partial charge >= 0.3 is 0 Å². The number of halogens is 2. The van der Waals surface area contributed by atoms with Crippen molar-refractivity contribution >= 4 is 21.6 Å². The van der Waals surface area contributed by atoms with Gasteiger partial charge in [0.15, 0.2) is 0 Å². The molecule has 3 heteroatoms. The number of rotatable bonds is 2. The maximum absolute atomic E-state index is 12.9. The Morgan fingerprint density at radius 1 is 1.43 bits per heavy atom. The molecule has 1 fully saturated rings. The molecule has 1 saturated carbocycles. The Balaban J connectivity index is 2.06. The molecule has 2 rings (SSSR count). The maximum Gasteiger partial charge on any atom is 0.137 e. The molecule has 1 aliphatic carbocycles. The fourth-order valence-electron chi connectivity index (χ4n) is 1.68. The summed E-state index contributed by atoms with van der Waals surface area (Å²) in [4.78, 5) is 0. The van der Waals surface area contributed by atoms with Crippen LogP contribution >= 0.6 is 15.9 Å². The fourth-order valence-corrected chi connectivity index (χ4v) is 2.06. The Morgan fingerprint density at radius 3 is 2.71 bits per heavy atom. The second-order valence-corrected chi connectivity index (χ2v) is 4.79. The number of hydrogen-bond donors (Lipinski definition) is 1. The Hall–Kier alpha value is -0.570. The number of nitrogens with one attached hydrogen (secondary N) is 1. The summed E-state index contributed by atoms with van der Waals surface area (Å²) in [6, 6.07) is 5.62. The van der Waals surface area contributed by atoms with Crippen molar-refractivity contribution in [3.05, 3.63) is 28.5 Å². The van der Waals surface area contributed by atoms with Gasteiger partial charge in [0, 0.05) is 11.7 Å². The molecule has 0 saturated heterocycles. The molecule has 0 spiro atoms. The van der Waals surface area contributed by atoms with Gasteiger partial charge in [-0.05, 0) is 52.9 Å². The van der Waals surface area contributed by atoms with Crippen LogP contribution in [0.3, 0.4) is 0 Å². The third kappa shape index (κ3) is 1.92. The van der Waals surface area contributed by atoms with Crippen molar-refractivity contribution in [2.45, 2.75) is 25.8 Å². The molecule has 14 heavy (non-hydrogen) atoms. The molecule has 0 bridgehead atoms. The molecule has 0 heterocycles. The summed E-state index contributed by atoms with van der Waals surface area (Å²) in [7, 11) is 0. The Morgan fingerprint density at radius 2 is 2.21 bits per heavy atom. The summed E-state index contributed by atoms with van der Waals surface area (Å²) in [5.41, 5.74) is 0.995. The van der Waals surface area contributed by atoms with Crippen LogP contribution in [0.5, 0.6) is 0 Å². The SMILES string of the molecule is CC1CCC1Nc1ccc(F)c(Br)c1. The predicted octanol–water partition coefficient (Wildman–Crippen LogP) is 3.80. The zero-order valence-corrected chi connectivity index (χ0v) is 9.64. The Bertz CT molecular complexity index is 340. The lowest BCUT2D eigenvalue weighted by molar-refractivity contribution is 0.303. The van der Waals surface area contributed by atoms with E-state index in [1.165, 1.54) is 18.9 Å². The van der Waals surface area contributed by atoms with E-state index < -0.39 is 0 Å². The molecule has 1 aromatic rings. The highest BCUT2D eigenvalue weighted by Gasteiger charge is 2.26. The summed E-state index contributed by atoms with van der Waals surface area (Å²) in [6.07, 6.45) is 2.51. The first-order chi connectivity index (χ1) is 6.66. The number of hydrogen-bond acceptors (Lipinski definition) is 1. The quantitative estimate of drug-likeness (QED) is 0.850. The second-order valence-electron chi connectivity index (χ2n) is 3.93. The molecular formula is C11H13BrFN. The fraction of sp³-hybridized carbons (Fsp3) is 0.455. The molecule has 1 aliphatic rings. The standard InChI is InChI=1S/C11H13BrFN/c1-7-2-5-11(7)14-8-3-4-10(13)9(12)6-8/h3-4,6-7,11,14H,2,5H2,1H3. The summed E-state index contributed by atoms with van der Waals surface area (Å²) >= 11 is 3.18. The average molecular weight is 258 g/mol. The molecule has 76 valence electrons. The number of benzene rings is 1. The van der Waals surface area contributed by atoms with Crippen molar-refractivity contribution in [3.63, 3.8) is 0 Å². The van der Waals surface area contributed by atoms with Gasteiger partial charge in [0.2, 0.25) is 0 Å². The highest BCUT2D eigenvalue weighted by Crippen LogP contribution is 2.30. The van der Waals surface area contributed by atoms with Gasteiger partial charge < -0.3 is 5.32 Å². The van der Waals surface area contributed by atoms with Gasteiger partial charge in [-0.3, -0.25) is 0 Å². The van der Waals surface area contributed by atoms with Crippen LogP contribution in [0.4, 0.5) is 10.1 Å². The van der Waals surface area contributed by atoms with Gasteiger partial charge in [0.25, 0.3) is 0 Å². The third-order valence-electron chi connectivity index (χ3n) is 2.89. The second kappa shape index (κ2) is 3.89. The zero-order valence-electron chi connectivity index (χ0n) is 8.06. The molecule has 2 atom stereocenters. The van der Waals surface area contributed by atoms with Crippen molar-refractivity contribution in [2.24, 2.45) is 5.92 Å². The minimum atomic E-state index is -0.211. The van der Waals surface area contributed by atoms with Crippen LogP contribution in [0.1, 0.15) is 19.8 Å². The normalized spacial score (nSPS) is 25.6. The van der Waals surface area contributed by atoms with Gasteiger partial charge in [-0.15, -0.1) is 0 Å². The van der Waals surface area contributed by atoms with Crippen LogP contribution in [0.25, 0.3) is 0 Å². The smallest absolute Gasteiger partial charge is 0.137 e. The monoisotopic (exact) mass is 257 g/mol. The molecule has 2 unspecified atom stereocenters. The van der Waals surface area contributed by atoms with Gasteiger partial charge in [-0.1, -0.05) is 6.92 Å². The van der Waals surface area contributed by atoms with Gasteiger partial charge in [-0.25, -0.2) is 4.39 Å². The van der Waals surface area contributed by atoms with Crippen LogP contribution < -0.4 is 5.32 Å². The molecule has 0 radical (unpaired) electrons. The minimum Gasteiger partial charge on any atom is -0.382 e. The van der Waals surface area contributed by atoms with Crippen molar-refractivity contribution in [2.75, 3.05) is 5.32 Å². The number of anilines is 1. The molecule has 1 nitrogen and oxygen atoms in total. The lowest BCUT2D eigenvalue weighted by Gasteiger charge is -2.35. The van der Waals surface area contributed by atoms with Gasteiger partial charge in [-0.2, -0.15) is 0 Å². The molecule has 0 aromatic heterocycles. The first-order valence-corrected chi connectivity index (χ1v) is 5.67. The van der Waals surface area contributed by atoms with E-state index in [1.807, 2.05) is 0 Å². The lowest BCUT2D eigenvalue weighted by atomic mass is 9.81. The van der Waals surface area contributed by atoms with E-state index in [-0.39, 0.29) is 5.82 Å². The Labute approximate surface area is 91.8 Å². The van der Waals surface area contributed by atoms with Crippen LogP contribution in [0.2, 0.25) is 0 Å². The van der Waals surface area contributed by atoms with Crippen LogP contribution in [0.15, 0.2) is 22.7 Å². The summed E-state index contributed by atoms with van der Waals surface area (Å²) in [6.45, 7) is 2.24. The minimum absolute atomic E-state index is 0.211. The molecule has 0 amide bonds.